The molecular formula is C14H12Cl2N2S. The zero-order chi connectivity index (χ0) is 13.2. The lowest BCUT2D eigenvalue weighted by Gasteiger charge is -2.05. The molecule has 0 amide bonds. The zero-order valence-electron chi connectivity index (χ0n) is 10.1. The molecule has 0 spiro atoms. The maximum Gasteiger partial charge on any atom is 0.140 e. The van der Waals surface area contributed by atoms with Crippen molar-refractivity contribution < 1.29 is 0 Å². The van der Waals surface area contributed by atoms with Crippen LogP contribution in [0.3, 0.4) is 0 Å². The Hall–Kier alpha value is -0.770. The fourth-order valence-electron chi connectivity index (χ4n) is 1.84. The van der Waals surface area contributed by atoms with Crippen LogP contribution in [0.4, 0.5) is 0 Å². The number of nitrogens with zero attached hydrogens (tertiary/aromatic N) is 2. The predicted molar refractivity (Wildman–Crippen MR) is 80.0 cm³/mol. The van der Waals surface area contributed by atoms with Crippen LogP contribution in [0.15, 0.2) is 35.2 Å². The highest BCUT2D eigenvalue weighted by molar-refractivity contribution is 7.98. The van der Waals surface area contributed by atoms with Gasteiger partial charge in [-0.25, -0.2) is 9.97 Å². The Morgan fingerprint density at radius 2 is 1.95 bits per heavy atom. The molecule has 0 N–H and O–H groups in total. The van der Waals surface area contributed by atoms with Gasteiger partial charge < -0.3 is 0 Å². The molecule has 1 aromatic heterocycles. The SMILES string of the molecule is Clc1cc(C2CC2)nc(CSc2ccccc2Cl)n1. The van der Waals surface area contributed by atoms with Crippen LogP contribution in [0.25, 0.3) is 0 Å². The van der Waals surface area contributed by atoms with Crippen molar-refractivity contribution in [2.75, 3.05) is 0 Å². The molecule has 2 aromatic rings. The highest BCUT2D eigenvalue weighted by atomic mass is 35.5. The van der Waals surface area contributed by atoms with Gasteiger partial charge in [-0.3, -0.25) is 0 Å². The van der Waals surface area contributed by atoms with E-state index in [1.807, 2.05) is 30.3 Å². The van der Waals surface area contributed by atoms with E-state index in [1.54, 1.807) is 11.8 Å². The summed E-state index contributed by atoms with van der Waals surface area (Å²) in [5.74, 6) is 2.05. The molecule has 1 fully saturated rings. The molecule has 0 radical (unpaired) electrons. The van der Waals surface area contributed by atoms with Crippen LogP contribution in [0.5, 0.6) is 0 Å². The Balaban J connectivity index is 1.74. The highest BCUT2D eigenvalue weighted by Gasteiger charge is 2.25. The van der Waals surface area contributed by atoms with Crippen LogP contribution in [0, 0.1) is 0 Å². The molecule has 1 saturated carbocycles. The summed E-state index contributed by atoms with van der Waals surface area (Å²) in [6.45, 7) is 0. The van der Waals surface area contributed by atoms with Crippen LogP contribution >= 0.6 is 35.0 Å². The fourth-order valence-corrected chi connectivity index (χ4v) is 3.14. The van der Waals surface area contributed by atoms with E-state index in [1.165, 1.54) is 12.8 Å². The lowest BCUT2D eigenvalue weighted by atomic mass is 10.3. The maximum absolute atomic E-state index is 6.13. The van der Waals surface area contributed by atoms with Gasteiger partial charge in [-0.2, -0.15) is 0 Å². The molecule has 0 aliphatic heterocycles. The van der Waals surface area contributed by atoms with E-state index in [4.69, 9.17) is 23.2 Å². The Bertz CT molecular complexity index is 600. The van der Waals surface area contributed by atoms with Crippen LogP contribution in [0.2, 0.25) is 10.2 Å². The largest absolute Gasteiger partial charge is 0.237 e. The first-order valence-corrected chi connectivity index (χ1v) is 7.87. The number of rotatable bonds is 4. The second-order valence-corrected chi connectivity index (χ2v) is 6.34. The summed E-state index contributed by atoms with van der Waals surface area (Å²) in [4.78, 5) is 9.90. The minimum Gasteiger partial charge on any atom is -0.237 e. The van der Waals surface area contributed by atoms with Gasteiger partial charge in [0.25, 0.3) is 0 Å². The Morgan fingerprint density at radius 3 is 2.68 bits per heavy atom. The first-order valence-electron chi connectivity index (χ1n) is 6.13. The van der Waals surface area contributed by atoms with E-state index >= 15 is 0 Å². The molecule has 3 rings (SSSR count). The van der Waals surface area contributed by atoms with Crippen molar-refractivity contribution in [3.05, 3.63) is 52.0 Å². The van der Waals surface area contributed by atoms with Gasteiger partial charge in [-0.05, 0) is 31.0 Å². The average molecular weight is 311 g/mol. The molecule has 0 bridgehead atoms. The molecular weight excluding hydrogens is 299 g/mol. The second kappa shape index (κ2) is 5.70. The van der Waals surface area contributed by atoms with Gasteiger partial charge in [0.2, 0.25) is 0 Å². The van der Waals surface area contributed by atoms with Crippen LogP contribution in [-0.2, 0) is 5.75 Å². The number of thioether (sulfide) groups is 1. The number of halogens is 2. The van der Waals surface area contributed by atoms with Gasteiger partial charge in [0.05, 0.1) is 10.8 Å². The van der Waals surface area contributed by atoms with Crippen molar-refractivity contribution in [3.8, 4) is 0 Å². The smallest absolute Gasteiger partial charge is 0.140 e. The second-order valence-electron chi connectivity index (χ2n) is 4.53. The van der Waals surface area contributed by atoms with Crippen molar-refractivity contribution in [3.63, 3.8) is 0 Å². The van der Waals surface area contributed by atoms with Crippen LogP contribution < -0.4 is 0 Å². The molecule has 5 heteroatoms. The first kappa shape index (κ1) is 13.2. The molecule has 0 unspecified atom stereocenters. The number of hydrogen-bond acceptors (Lipinski definition) is 3. The highest BCUT2D eigenvalue weighted by Crippen LogP contribution is 2.39. The van der Waals surface area contributed by atoms with Crippen molar-refractivity contribution in [2.24, 2.45) is 0 Å². The summed E-state index contributed by atoms with van der Waals surface area (Å²) in [5, 5.41) is 1.30. The molecule has 2 nitrogen and oxygen atoms in total. The van der Waals surface area contributed by atoms with E-state index in [0.717, 1.165) is 21.4 Å². The van der Waals surface area contributed by atoms with Gasteiger partial charge in [-0.1, -0.05) is 35.3 Å². The molecule has 1 heterocycles. The third-order valence-corrected chi connectivity index (χ3v) is 4.65. The first-order chi connectivity index (χ1) is 9.22. The summed E-state index contributed by atoms with van der Waals surface area (Å²) in [7, 11) is 0. The minimum atomic E-state index is 0.534. The Morgan fingerprint density at radius 1 is 1.16 bits per heavy atom. The average Bonchev–Trinajstić information content (AvgIpc) is 3.21. The predicted octanol–water partition coefficient (Wildman–Crippen LogP) is 4.95. The number of hydrogen-bond donors (Lipinski definition) is 0. The third-order valence-electron chi connectivity index (χ3n) is 2.95. The summed E-state index contributed by atoms with van der Waals surface area (Å²) in [5.41, 5.74) is 1.08. The Kier molecular flexibility index (Phi) is 3.96. The lowest BCUT2D eigenvalue weighted by Crippen LogP contribution is -1.97. The van der Waals surface area contributed by atoms with E-state index in [9.17, 15) is 0 Å². The number of benzene rings is 1. The Labute approximate surface area is 126 Å². The maximum atomic E-state index is 6.13. The lowest BCUT2D eigenvalue weighted by molar-refractivity contribution is 0.932. The van der Waals surface area contributed by atoms with Gasteiger partial charge in [0.1, 0.15) is 11.0 Å². The van der Waals surface area contributed by atoms with Crippen molar-refractivity contribution >= 4 is 35.0 Å². The quantitative estimate of drug-likeness (QED) is 0.590. The summed E-state index contributed by atoms with van der Waals surface area (Å²) in [6.07, 6.45) is 2.43. The molecule has 0 saturated heterocycles. The van der Waals surface area contributed by atoms with Crippen LogP contribution in [0.1, 0.15) is 30.3 Å². The molecule has 1 aliphatic carbocycles. The molecule has 0 atom stereocenters. The van der Waals surface area contributed by atoms with E-state index in [-0.39, 0.29) is 0 Å². The summed E-state index contributed by atoms with van der Waals surface area (Å²) < 4.78 is 0. The van der Waals surface area contributed by atoms with E-state index < -0.39 is 0 Å². The van der Waals surface area contributed by atoms with Crippen molar-refractivity contribution in [2.45, 2.75) is 29.4 Å². The zero-order valence-corrected chi connectivity index (χ0v) is 12.5. The molecule has 1 aliphatic rings. The third kappa shape index (κ3) is 3.41. The summed E-state index contributed by atoms with van der Waals surface area (Å²) in [6, 6.07) is 9.66. The number of aromatic nitrogens is 2. The van der Waals surface area contributed by atoms with Gasteiger partial charge in [0, 0.05) is 16.5 Å². The standard InChI is InChI=1S/C14H12Cl2N2S/c15-10-3-1-2-4-12(10)19-8-14-17-11(9-5-6-9)7-13(16)18-14/h1-4,7,9H,5-6,8H2. The minimum absolute atomic E-state index is 0.534. The topological polar surface area (TPSA) is 25.8 Å². The van der Waals surface area contributed by atoms with E-state index in [2.05, 4.69) is 9.97 Å². The van der Waals surface area contributed by atoms with Crippen molar-refractivity contribution in [1.82, 2.24) is 9.97 Å². The van der Waals surface area contributed by atoms with Gasteiger partial charge in [-0.15, -0.1) is 11.8 Å². The summed E-state index contributed by atoms with van der Waals surface area (Å²) >= 11 is 13.8. The fraction of sp³-hybridized carbons (Fsp3) is 0.286. The van der Waals surface area contributed by atoms with Crippen molar-refractivity contribution in [1.29, 1.82) is 0 Å². The molecule has 1 aromatic carbocycles. The van der Waals surface area contributed by atoms with Crippen LogP contribution in [-0.4, -0.2) is 9.97 Å². The van der Waals surface area contributed by atoms with Gasteiger partial charge in [0.15, 0.2) is 0 Å². The monoisotopic (exact) mass is 310 g/mol. The van der Waals surface area contributed by atoms with E-state index in [0.29, 0.717) is 16.8 Å². The normalized spacial score (nSPS) is 14.6. The van der Waals surface area contributed by atoms with Gasteiger partial charge >= 0.3 is 0 Å². The molecule has 98 valence electrons. The molecule has 19 heavy (non-hydrogen) atoms.